The second-order valence-electron chi connectivity index (χ2n) is 4.60. The maximum atomic E-state index is 11.9. The molecule has 1 heterocycles. The summed E-state index contributed by atoms with van der Waals surface area (Å²) in [5, 5.41) is 0. The third kappa shape index (κ3) is 2.01. The number of carbonyl (C=O) groups excluding carboxylic acids is 1. The van der Waals surface area contributed by atoms with Crippen molar-refractivity contribution in [1.29, 1.82) is 0 Å². The first-order valence-corrected chi connectivity index (χ1v) is 5.92. The summed E-state index contributed by atoms with van der Waals surface area (Å²) in [6.45, 7) is 2.82. The van der Waals surface area contributed by atoms with Crippen LogP contribution in [0.4, 0.5) is 10.5 Å². The predicted octanol–water partition coefficient (Wildman–Crippen LogP) is 1.76. The summed E-state index contributed by atoms with van der Waals surface area (Å²) in [5.41, 5.74) is 5.93. The van der Waals surface area contributed by atoms with E-state index < -0.39 is 5.54 Å². The van der Waals surface area contributed by atoms with Crippen LogP contribution in [0.2, 0.25) is 0 Å². The van der Waals surface area contributed by atoms with Gasteiger partial charge < -0.3 is 15.2 Å². The monoisotopic (exact) mass is 250 g/mol. The molecule has 1 atom stereocenters. The molecule has 5 nitrogen and oxygen atoms in total. The van der Waals surface area contributed by atoms with Crippen LogP contribution in [0.3, 0.4) is 0 Å². The van der Waals surface area contributed by atoms with Crippen molar-refractivity contribution in [3.05, 3.63) is 24.3 Å². The lowest BCUT2D eigenvalue weighted by molar-refractivity contribution is 0.173. The number of methoxy groups -OCH3 is 1. The second-order valence-corrected chi connectivity index (χ2v) is 4.60. The molecule has 1 aliphatic rings. The molecule has 1 saturated heterocycles. The summed E-state index contributed by atoms with van der Waals surface area (Å²) in [7, 11) is 1.58. The number of anilines is 1. The summed E-state index contributed by atoms with van der Waals surface area (Å²) in [4.78, 5) is 13.6. The summed E-state index contributed by atoms with van der Waals surface area (Å²) >= 11 is 0. The number of nitrogens with two attached hydrogens (primary N) is 1. The molecule has 5 heteroatoms. The molecular weight excluding hydrogens is 232 g/mol. The van der Waals surface area contributed by atoms with Gasteiger partial charge in [-0.25, -0.2) is 4.79 Å². The smallest absolute Gasteiger partial charge is 0.415 e. The van der Waals surface area contributed by atoms with Gasteiger partial charge in [0, 0.05) is 0 Å². The number of hydrogen-bond donors (Lipinski definition) is 1. The van der Waals surface area contributed by atoms with Gasteiger partial charge in [0.25, 0.3) is 0 Å². The van der Waals surface area contributed by atoms with E-state index >= 15 is 0 Å². The zero-order valence-corrected chi connectivity index (χ0v) is 10.7. The van der Waals surface area contributed by atoms with Crippen LogP contribution in [0.1, 0.15) is 13.3 Å². The molecule has 0 saturated carbocycles. The minimum atomic E-state index is -0.416. The number of nitrogens with zero attached hydrogens (tertiary/aromatic N) is 1. The van der Waals surface area contributed by atoms with Gasteiger partial charge in [-0.05, 0) is 32.0 Å². The molecule has 18 heavy (non-hydrogen) atoms. The Morgan fingerprint density at radius 2 is 2.22 bits per heavy atom. The van der Waals surface area contributed by atoms with Crippen LogP contribution >= 0.6 is 0 Å². The average molecular weight is 250 g/mol. The molecule has 1 aromatic rings. The van der Waals surface area contributed by atoms with Gasteiger partial charge >= 0.3 is 6.09 Å². The largest absolute Gasteiger partial charge is 0.495 e. The van der Waals surface area contributed by atoms with Crippen molar-refractivity contribution < 1.29 is 14.3 Å². The number of carbonyl (C=O) groups is 1. The van der Waals surface area contributed by atoms with Crippen LogP contribution in [0.5, 0.6) is 5.75 Å². The number of amides is 1. The first kappa shape index (κ1) is 12.7. The topological polar surface area (TPSA) is 64.8 Å². The van der Waals surface area contributed by atoms with Gasteiger partial charge in [0.2, 0.25) is 0 Å². The van der Waals surface area contributed by atoms with Crippen molar-refractivity contribution >= 4 is 11.8 Å². The maximum Gasteiger partial charge on any atom is 0.415 e. The molecule has 1 aromatic carbocycles. The zero-order chi connectivity index (χ0) is 13.2. The van der Waals surface area contributed by atoms with Crippen LogP contribution in [-0.4, -0.2) is 31.9 Å². The molecule has 1 unspecified atom stereocenters. The highest BCUT2D eigenvalue weighted by atomic mass is 16.6. The molecule has 1 aliphatic heterocycles. The van der Waals surface area contributed by atoms with E-state index in [-0.39, 0.29) is 6.09 Å². The molecule has 0 aromatic heterocycles. The lowest BCUT2D eigenvalue weighted by Gasteiger charge is -2.32. The SMILES string of the molecule is COc1ccccc1N1C(=O)OCC1(C)CCN. The van der Waals surface area contributed by atoms with Gasteiger partial charge in [0.1, 0.15) is 12.4 Å². The van der Waals surface area contributed by atoms with Crippen molar-refractivity contribution in [2.24, 2.45) is 5.73 Å². The Bertz CT molecular complexity index is 450. The second kappa shape index (κ2) is 4.86. The molecular formula is C13H18N2O3. The third-order valence-corrected chi connectivity index (χ3v) is 3.24. The standard InChI is InChI=1S/C13H18N2O3/c1-13(7-8-14)9-18-12(16)15(13)10-5-3-4-6-11(10)17-2/h3-6H,7-9,14H2,1-2H3. The fourth-order valence-electron chi connectivity index (χ4n) is 2.27. The summed E-state index contributed by atoms with van der Waals surface area (Å²) in [5.74, 6) is 0.652. The van der Waals surface area contributed by atoms with Gasteiger partial charge in [-0.2, -0.15) is 0 Å². The van der Waals surface area contributed by atoms with Crippen LogP contribution in [0, 0.1) is 0 Å². The Morgan fingerprint density at radius 3 is 2.89 bits per heavy atom. The van der Waals surface area contributed by atoms with E-state index in [1.165, 1.54) is 0 Å². The van der Waals surface area contributed by atoms with E-state index in [2.05, 4.69) is 0 Å². The van der Waals surface area contributed by atoms with Crippen molar-refractivity contribution in [1.82, 2.24) is 0 Å². The minimum Gasteiger partial charge on any atom is -0.495 e. The van der Waals surface area contributed by atoms with Gasteiger partial charge in [-0.3, -0.25) is 4.90 Å². The number of rotatable bonds is 4. The predicted molar refractivity (Wildman–Crippen MR) is 68.9 cm³/mol. The number of benzene rings is 1. The maximum absolute atomic E-state index is 11.9. The fourth-order valence-corrected chi connectivity index (χ4v) is 2.27. The number of cyclic esters (lactones) is 1. The summed E-state index contributed by atoms with van der Waals surface area (Å²) in [6.07, 6.45) is 0.326. The molecule has 2 N–H and O–H groups in total. The molecule has 0 spiro atoms. The first-order chi connectivity index (χ1) is 8.62. The lowest BCUT2D eigenvalue weighted by Crippen LogP contribution is -2.46. The van der Waals surface area contributed by atoms with Gasteiger partial charge in [-0.1, -0.05) is 12.1 Å². The van der Waals surface area contributed by atoms with Crippen LogP contribution in [0.15, 0.2) is 24.3 Å². The van der Waals surface area contributed by atoms with E-state index in [4.69, 9.17) is 15.2 Å². The van der Waals surface area contributed by atoms with E-state index in [9.17, 15) is 4.79 Å². The number of para-hydroxylation sites is 2. The molecule has 0 aliphatic carbocycles. The quantitative estimate of drug-likeness (QED) is 0.884. The van der Waals surface area contributed by atoms with Crippen molar-refractivity contribution in [2.45, 2.75) is 18.9 Å². The first-order valence-electron chi connectivity index (χ1n) is 5.92. The fraction of sp³-hybridized carbons (Fsp3) is 0.462. The van der Waals surface area contributed by atoms with Crippen LogP contribution in [-0.2, 0) is 4.74 Å². The Balaban J connectivity index is 2.43. The molecule has 0 radical (unpaired) electrons. The Morgan fingerprint density at radius 1 is 1.50 bits per heavy atom. The van der Waals surface area contributed by atoms with E-state index in [0.29, 0.717) is 25.3 Å². The highest BCUT2D eigenvalue weighted by molar-refractivity contribution is 5.93. The zero-order valence-electron chi connectivity index (χ0n) is 10.7. The Kier molecular flexibility index (Phi) is 3.43. The average Bonchev–Trinajstić information content (AvgIpc) is 2.65. The molecule has 1 amide bonds. The van der Waals surface area contributed by atoms with Crippen LogP contribution < -0.4 is 15.4 Å². The van der Waals surface area contributed by atoms with Crippen molar-refractivity contribution in [3.8, 4) is 5.75 Å². The van der Waals surface area contributed by atoms with Crippen molar-refractivity contribution in [2.75, 3.05) is 25.2 Å². The number of hydrogen-bond acceptors (Lipinski definition) is 4. The number of ether oxygens (including phenoxy) is 2. The van der Waals surface area contributed by atoms with E-state index in [1.54, 1.807) is 12.0 Å². The lowest BCUT2D eigenvalue weighted by atomic mass is 9.97. The van der Waals surface area contributed by atoms with Gasteiger partial charge in [0.15, 0.2) is 0 Å². The van der Waals surface area contributed by atoms with Gasteiger partial charge in [0.05, 0.1) is 18.3 Å². The minimum absolute atomic E-state index is 0.348. The van der Waals surface area contributed by atoms with Crippen molar-refractivity contribution in [3.63, 3.8) is 0 Å². The molecule has 1 fully saturated rings. The summed E-state index contributed by atoms with van der Waals surface area (Å²) < 4.78 is 10.5. The third-order valence-electron chi connectivity index (χ3n) is 3.24. The molecule has 2 rings (SSSR count). The molecule has 98 valence electrons. The normalized spacial score (nSPS) is 23.1. The van der Waals surface area contributed by atoms with E-state index in [0.717, 1.165) is 5.69 Å². The molecule has 0 bridgehead atoms. The Labute approximate surface area is 106 Å². The van der Waals surface area contributed by atoms with E-state index in [1.807, 2.05) is 31.2 Å². The van der Waals surface area contributed by atoms with Gasteiger partial charge in [-0.15, -0.1) is 0 Å². The van der Waals surface area contributed by atoms with Crippen LogP contribution in [0.25, 0.3) is 0 Å². The Hall–Kier alpha value is -1.75. The summed E-state index contributed by atoms with van der Waals surface area (Å²) in [6, 6.07) is 7.40. The highest BCUT2D eigenvalue weighted by Gasteiger charge is 2.45. The highest BCUT2D eigenvalue weighted by Crippen LogP contribution is 2.38.